The number of piperazine rings is 1. The number of anilines is 2. The summed E-state index contributed by atoms with van der Waals surface area (Å²) in [4.78, 5) is 21.3. The standard InChI is InChI=1S/C18H21ClN4O/c1-13-3-4-14(12-20-13)18(24)21-16-11-15(19)5-6-17(16)23-9-7-22(2)8-10-23/h3-6,11-12H,7-10H2,1-2H3,(H,21,24). The van der Waals surface area contributed by atoms with Gasteiger partial charge in [-0.15, -0.1) is 0 Å². The molecule has 24 heavy (non-hydrogen) atoms. The van der Waals surface area contributed by atoms with Crippen molar-refractivity contribution in [3.05, 3.63) is 52.8 Å². The Bertz CT molecular complexity index is 724. The van der Waals surface area contributed by atoms with Crippen molar-refractivity contribution in [1.82, 2.24) is 9.88 Å². The Morgan fingerprint density at radius 1 is 1.17 bits per heavy atom. The molecule has 2 aromatic rings. The number of hydrogen-bond acceptors (Lipinski definition) is 4. The van der Waals surface area contributed by atoms with Crippen molar-refractivity contribution in [3.63, 3.8) is 0 Å². The van der Waals surface area contributed by atoms with E-state index in [4.69, 9.17) is 11.6 Å². The molecule has 5 nitrogen and oxygen atoms in total. The van der Waals surface area contributed by atoms with Crippen molar-refractivity contribution in [2.45, 2.75) is 6.92 Å². The van der Waals surface area contributed by atoms with E-state index in [1.165, 1.54) is 0 Å². The van der Waals surface area contributed by atoms with Crippen molar-refractivity contribution in [2.24, 2.45) is 0 Å². The summed E-state index contributed by atoms with van der Waals surface area (Å²) in [6, 6.07) is 9.23. The molecule has 1 saturated heterocycles. The SMILES string of the molecule is Cc1ccc(C(=O)Nc2cc(Cl)ccc2N2CCN(C)CC2)cn1. The smallest absolute Gasteiger partial charge is 0.257 e. The number of carbonyl (C=O) groups excluding carboxylic acids is 1. The molecule has 1 aromatic carbocycles. The van der Waals surface area contributed by atoms with Crippen molar-refractivity contribution in [3.8, 4) is 0 Å². The van der Waals surface area contributed by atoms with E-state index in [9.17, 15) is 4.79 Å². The first-order valence-electron chi connectivity index (χ1n) is 8.00. The number of pyridine rings is 1. The molecule has 1 aliphatic rings. The quantitative estimate of drug-likeness (QED) is 0.929. The Labute approximate surface area is 147 Å². The Hall–Kier alpha value is -2.11. The molecular formula is C18H21ClN4O. The molecular weight excluding hydrogens is 324 g/mol. The Kier molecular flexibility index (Phi) is 5.02. The first-order valence-corrected chi connectivity index (χ1v) is 8.38. The molecule has 1 fully saturated rings. The Morgan fingerprint density at radius 3 is 2.58 bits per heavy atom. The van der Waals surface area contributed by atoms with E-state index < -0.39 is 0 Å². The van der Waals surface area contributed by atoms with E-state index in [0.717, 1.165) is 43.2 Å². The van der Waals surface area contributed by atoms with Crippen LogP contribution in [0.3, 0.4) is 0 Å². The number of aromatic nitrogens is 1. The molecule has 126 valence electrons. The van der Waals surface area contributed by atoms with Gasteiger partial charge < -0.3 is 15.1 Å². The number of aryl methyl sites for hydroxylation is 1. The van der Waals surface area contributed by atoms with Gasteiger partial charge in [-0.2, -0.15) is 0 Å². The monoisotopic (exact) mass is 344 g/mol. The fraction of sp³-hybridized carbons (Fsp3) is 0.333. The van der Waals surface area contributed by atoms with Crippen LogP contribution in [-0.4, -0.2) is 49.0 Å². The summed E-state index contributed by atoms with van der Waals surface area (Å²) >= 11 is 6.14. The van der Waals surface area contributed by atoms with Crippen molar-refractivity contribution >= 4 is 28.9 Å². The molecule has 2 heterocycles. The van der Waals surface area contributed by atoms with Gasteiger partial charge >= 0.3 is 0 Å². The minimum atomic E-state index is -0.180. The summed E-state index contributed by atoms with van der Waals surface area (Å²) in [5.41, 5.74) is 3.15. The molecule has 0 bridgehead atoms. The number of carbonyl (C=O) groups is 1. The molecule has 0 unspecified atom stereocenters. The zero-order valence-electron chi connectivity index (χ0n) is 13.9. The summed E-state index contributed by atoms with van der Waals surface area (Å²) in [6.07, 6.45) is 1.59. The van der Waals surface area contributed by atoms with Crippen LogP contribution in [0.25, 0.3) is 0 Å². The number of hydrogen-bond donors (Lipinski definition) is 1. The number of benzene rings is 1. The van der Waals surface area contributed by atoms with Crippen LogP contribution in [0.2, 0.25) is 5.02 Å². The number of halogens is 1. The highest BCUT2D eigenvalue weighted by Gasteiger charge is 2.18. The predicted octanol–water partition coefficient (Wildman–Crippen LogP) is 3.05. The molecule has 1 amide bonds. The third-order valence-corrected chi connectivity index (χ3v) is 4.46. The molecule has 1 aromatic heterocycles. The van der Waals surface area contributed by atoms with E-state index in [1.807, 2.05) is 25.1 Å². The van der Waals surface area contributed by atoms with Gasteiger partial charge in [0.2, 0.25) is 0 Å². The number of amides is 1. The topological polar surface area (TPSA) is 48.5 Å². The van der Waals surface area contributed by atoms with Gasteiger partial charge in [0.05, 0.1) is 16.9 Å². The zero-order chi connectivity index (χ0) is 17.1. The summed E-state index contributed by atoms with van der Waals surface area (Å²) in [5, 5.41) is 3.58. The van der Waals surface area contributed by atoms with Gasteiger partial charge in [0.25, 0.3) is 5.91 Å². The highest BCUT2D eigenvalue weighted by molar-refractivity contribution is 6.31. The van der Waals surface area contributed by atoms with Crippen molar-refractivity contribution in [2.75, 3.05) is 43.4 Å². The average Bonchev–Trinajstić information content (AvgIpc) is 2.57. The van der Waals surface area contributed by atoms with Gasteiger partial charge in [-0.05, 0) is 44.3 Å². The van der Waals surface area contributed by atoms with Crippen LogP contribution in [-0.2, 0) is 0 Å². The number of nitrogens with one attached hydrogen (secondary N) is 1. The third-order valence-electron chi connectivity index (χ3n) is 4.22. The lowest BCUT2D eigenvalue weighted by Gasteiger charge is -2.35. The number of rotatable bonds is 3. The van der Waals surface area contributed by atoms with Crippen LogP contribution in [0.15, 0.2) is 36.5 Å². The van der Waals surface area contributed by atoms with Crippen LogP contribution in [0.5, 0.6) is 0 Å². The first-order chi connectivity index (χ1) is 11.5. The van der Waals surface area contributed by atoms with Gasteiger partial charge in [0.1, 0.15) is 0 Å². The van der Waals surface area contributed by atoms with E-state index >= 15 is 0 Å². The lowest BCUT2D eigenvalue weighted by molar-refractivity contribution is 0.102. The molecule has 1 aliphatic heterocycles. The summed E-state index contributed by atoms with van der Waals surface area (Å²) < 4.78 is 0. The van der Waals surface area contributed by atoms with Gasteiger partial charge in [-0.25, -0.2) is 0 Å². The normalized spacial score (nSPS) is 15.4. The summed E-state index contributed by atoms with van der Waals surface area (Å²) in [6.45, 7) is 5.74. The lowest BCUT2D eigenvalue weighted by Crippen LogP contribution is -2.44. The molecule has 0 saturated carbocycles. The maximum Gasteiger partial charge on any atom is 0.257 e. The molecule has 6 heteroatoms. The summed E-state index contributed by atoms with van der Waals surface area (Å²) in [5.74, 6) is -0.180. The number of nitrogens with zero attached hydrogens (tertiary/aromatic N) is 3. The summed E-state index contributed by atoms with van der Waals surface area (Å²) in [7, 11) is 2.12. The second kappa shape index (κ2) is 7.20. The largest absolute Gasteiger partial charge is 0.367 e. The van der Waals surface area contributed by atoms with E-state index in [2.05, 4.69) is 27.1 Å². The zero-order valence-corrected chi connectivity index (χ0v) is 14.7. The van der Waals surface area contributed by atoms with Crippen LogP contribution < -0.4 is 10.2 Å². The minimum Gasteiger partial charge on any atom is -0.367 e. The Balaban J connectivity index is 1.82. The van der Waals surface area contributed by atoms with Gasteiger partial charge in [-0.3, -0.25) is 9.78 Å². The molecule has 0 radical (unpaired) electrons. The lowest BCUT2D eigenvalue weighted by atomic mass is 10.2. The second-order valence-corrected chi connectivity index (χ2v) is 6.53. The van der Waals surface area contributed by atoms with Crippen LogP contribution in [0.4, 0.5) is 11.4 Å². The average molecular weight is 345 g/mol. The van der Waals surface area contributed by atoms with E-state index in [-0.39, 0.29) is 5.91 Å². The van der Waals surface area contributed by atoms with Crippen LogP contribution >= 0.6 is 11.6 Å². The molecule has 3 rings (SSSR count). The molecule has 0 aliphatic carbocycles. The van der Waals surface area contributed by atoms with E-state index in [0.29, 0.717) is 10.6 Å². The number of likely N-dealkylation sites (N-methyl/N-ethyl adjacent to an activating group) is 1. The van der Waals surface area contributed by atoms with Crippen molar-refractivity contribution < 1.29 is 4.79 Å². The van der Waals surface area contributed by atoms with Gasteiger partial charge in [-0.1, -0.05) is 11.6 Å². The fourth-order valence-electron chi connectivity index (χ4n) is 2.73. The molecule has 0 atom stereocenters. The Morgan fingerprint density at radius 2 is 1.92 bits per heavy atom. The fourth-order valence-corrected chi connectivity index (χ4v) is 2.90. The third kappa shape index (κ3) is 3.86. The first kappa shape index (κ1) is 16.7. The molecule has 0 spiro atoms. The highest BCUT2D eigenvalue weighted by atomic mass is 35.5. The molecule has 1 N–H and O–H groups in total. The van der Waals surface area contributed by atoms with Crippen LogP contribution in [0, 0.1) is 6.92 Å². The maximum absolute atomic E-state index is 12.5. The van der Waals surface area contributed by atoms with E-state index in [1.54, 1.807) is 18.3 Å². The maximum atomic E-state index is 12.5. The predicted molar refractivity (Wildman–Crippen MR) is 98.1 cm³/mol. The van der Waals surface area contributed by atoms with Crippen LogP contribution in [0.1, 0.15) is 16.1 Å². The minimum absolute atomic E-state index is 0.180. The van der Waals surface area contributed by atoms with Crippen molar-refractivity contribution in [1.29, 1.82) is 0 Å². The van der Waals surface area contributed by atoms with Gasteiger partial charge in [0, 0.05) is 43.1 Å². The van der Waals surface area contributed by atoms with Gasteiger partial charge in [0.15, 0.2) is 0 Å². The second-order valence-electron chi connectivity index (χ2n) is 6.09. The highest BCUT2D eigenvalue weighted by Crippen LogP contribution is 2.30.